The van der Waals surface area contributed by atoms with Gasteiger partial charge in [-0.3, -0.25) is 0 Å². The Bertz CT molecular complexity index is 7.52. The standard InChI is InChI=1S/2H2O.9Zr/h2*1H2;;;;;;;;;. The molecule has 0 spiro atoms. The van der Waals surface area contributed by atoms with Gasteiger partial charge >= 0.3 is 0 Å². The Morgan fingerprint density at radius 3 is 0.182 bits per heavy atom. The van der Waals surface area contributed by atoms with Gasteiger partial charge in [-0.1, -0.05) is 0 Å². The number of hydrogen-bond acceptors (Lipinski definition) is 0. The first-order valence-corrected chi connectivity index (χ1v) is 0. The van der Waals surface area contributed by atoms with Gasteiger partial charge in [0.15, 0.2) is 0 Å². The van der Waals surface area contributed by atoms with Crippen molar-refractivity contribution in [3.05, 3.63) is 0 Å². The van der Waals surface area contributed by atoms with Crippen LogP contribution < -0.4 is 0 Å². The summed E-state index contributed by atoms with van der Waals surface area (Å²) >= 11 is 0. The molecule has 0 aliphatic rings. The average molecular weight is 857 g/mol. The molecule has 0 fully saturated rings. The SMILES string of the molecule is O.O.[Zr].[Zr].[Zr].[Zr].[Zr].[Zr].[Zr].[Zr].[Zr]. The molecule has 0 bridgehead atoms. The fourth-order valence-electron chi connectivity index (χ4n) is 0. The van der Waals surface area contributed by atoms with Gasteiger partial charge in [-0.25, -0.2) is 0 Å². The molecule has 0 aromatic heterocycles. The number of hydrogen-bond donors (Lipinski definition) is 0. The van der Waals surface area contributed by atoms with Crippen LogP contribution in [-0.4, -0.2) is 11.0 Å². The van der Waals surface area contributed by atoms with Gasteiger partial charge < -0.3 is 11.0 Å². The molecule has 0 unspecified atom stereocenters. The van der Waals surface area contributed by atoms with Crippen molar-refractivity contribution in [3.8, 4) is 0 Å². The van der Waals surface area contributed by atoms with Crippen LogP contribution in [0.5, 0.6) is 0 Å². The van der Waals surface area contributed by atoms with Gasteiger partial charge in [0.2, 0.25) is 0 Å². The van der Waals surface area contributed by atoms with E-state index in [1.807, 2.05) is 0 Å². The summed E-state index contributed by atoms with van der Waals surface area (Å²) in [6.07, 6.45) is 0. The fraction of sp³-hybridized carbons (Fsp3) is 0. The van der Waals surface area contributed by atoms with Crippen LogP contribution in [0.1, 0.15) is 0 Å². The van der Waals surface area contributed by atoms with Crippen LogP contribution >= 0.6 is 0 Å². The van der Waals surface area contributed by atoms with Crippen LogP contribution in [0.2, 0.25) is 0 Å². The van der Waals surface area contributed by atoms with Crippen molar-refractivity contribution in [1.29, 1.82) is 0 Å². The van der Waals surface area contributed by atoms with E-state index in [-0.39, 0.29) is 247 Å². The van der Waals surface area contributed by atoms with Crippen molar-refractivity contribution in [2.75, 3.05) is 0 Å². The fourth-order valence-corrected chi connectivity index (χ4v) is 0. The maximum Gasteiger partial charge on any atom is 0 e. The monoisotopic (exact) mass is 845 g/mol. The van der Waals surface area contributed by atoms with Crippen molar-refractivity contribution < 1.29 is 247 Å². The second-order valence-corrected chi connectivity index (χ2v) is 0. The molecule has 4 N–H and O–H groups in total. The summed E-state index contributed by atoms with van der Waals surface area (Å²) in [5, 5.41) is 0. The summed E-state index contributed by atoms with van der Waals surface area (Å²) in [6, 6.07) is 0. The van der Waals surface area contributed by atoms with Gasteiger partial charge in [0, 0.05) is 236 Å². The normalized spacial score (nSPS) is 0. The van der Waals surface area contributed by atoms with E-state index in [0.29, 0.717) is 0 Å². The van der Waals surface area contributed by atoms with E-state index in [4.69, 9.17) is 0 Å². The van der Waals surface area contributed by atoms with Crippen LogP contribution in [0, 0.1) is 0 Å². The van der Waals surface area contributed by atoms with Gasteiger partial charge in [0.25, 0.3) is 0 Å². The van der Waals surface area contributed by atoms with Crippen LogP contribution in [0.25, 0.3) is 0 Å². The summed E-state index contributed by atoms with van der Waals surface area (Å²) in [4.78, 5) is 0. The summed E-state index contributed by atoms with van der Waals surface area (Å²) < 4.78 is 0. The third kappa shape index (κ3) is 72.7. The van der Waals surface area contributed by atoms with E-state index in [0.717, 1.165) is 0 Å². The first-order valence-electron chi connectivity index (χ1n) is 0. The summed E-state index contributed by atoms with van der Waals surface area (Å²) in [5.41, 5.74) is 0. The molecule has 52 valence electrons. The van der Waals surface area contributed by atoms with Gasteiger partial charge in [-0.05, 0) is 0 Å². The second kappa shape index (κ2) is 82.1. The van der Waals surface area contributed by atoms with Crippen molar-refractivity contribution in [3.63, 3.8) is 0 Å². The predicted octanol–water partition coefficient (Wildman–Crippen LogP) is -1.67. The van der Waals surface area contributed by atoms with E-state index in [1.54, 1.807) is 0 Å². The molecule has 0 aromatic rings. The van der Waals surface area contributed by atoms with Crippen LogP contribution in [0.4, 0.5) is 0 Å². The Morgan fingerprint density at radius 1 is 0.182 bits per heavy atom. The summed E-state index contributed by atoms with van der Waals surface area (Å²) in [5.74, 6) is 0. The largest absolute Gasteiger partial charge is 0.412 e. The number of rotatable bonds is 0. The molecule has 11 heavy (non-hydrogen) atoms. The smallest absolute Gasteiger partial charge is 0 e. The minimum atomic E-state index is 0. The van der Waals surface area contributed by atoms with Crippen LogP contribution in [-0.2, 0) is 236 Å². The van der Waals surface area contributed by atoms with E-state index in [1.165, 1.54) is 0 Å². The van der Waals surface area contributed by atoms with Crippen molar-refractivity contribution >= 4 is 0 Å². The Hall–Kier alpha value is 7.87. The zero-order chi connectivity index (χ0) is 0. The quantitative estimate of drug-likeness (QED) is 0.280. The van der Waals surface area contributed by atoms with E-state index in [9.17, 15) is 0 Å². The molecular weight excluding hydrogens is 853 g/mol. The molecular formula is H4O2Zr9. The first-order chi connectivity index (χ1) is 0. The minimum Gasteiger partial charge on any atom is -0.412 e. The van der Waals surface area contributed by atoms with E-state index < -0.39 is 0 Å². The zero-order valence-electron chi connectivity index (χ0n) is 5.50. The summed E-state index contributed by atoms with van der Waals surface area (Å²) in [6.45, 7) is 0. The van der Waals surface area contributed by atoms with Gasteiger partial charge in [0.1, 0.15) is 0 Å². The Balaban J connectivity index is 0. The summed E-state index contributed by atoms with van der Waals surface area (Å²) in [7, 11) is 0. The van der Waals surface area contributed by atoms with Crippen LogP contribution in [0.3, 0.4) is 0 Å². The maximum atomic E-state index is 0. The Kier molecular flexibility index (Phi) is 726. The minimum absolute atomic E-state index is 0. The molecule has 0 aliphatic carbocycles. The third-order valence-corrected chi connectivity index (χ3v) is 0. The Morgan fingerprint density at radius 2 is 0.182 bits per heavy atom. The predicted molar refractivity (Wildman–Crippen MR) is 7.23 cm³/mol. The van der Waals surface area contributed by atoms with Gasteiger partial charge in [-0.15, -0.1) is 0 Å². The first kappa shape index (κ1) is 97.3. The van der Waals surface area contributed by atoms with Crippen molar-refractivity contribution in [1.82, 2.24) is 0 Å². The molecule has 0 heterocycles. The van der Waals surface area contributed by atoms with E-state index >= 15 is 0 Å². The van der Waals surface area contributed by atoms with Crippen molar-refractivity contribution in [2.45, 2.75) is 0 Å². The molecule has 0 rings (SSSR count). The topological polar surface area (TPSA) is 63.0 Å². The molecule has 0 radical (unpaired) electrons. The second-order valence-electron chi connectivity index (χ2n) is 0. The van der Waals surface area contributed by atoms with Crippen LogP contribution in [0.15, 0.2) is 0 Å². The molecule has 0 atom stereocenters. The molecule has 0 saturated carbocycles. The third-order valence-electron chi connectivity index (χ3n) is 0. The zero-order valence-corrected chi connectivity index (χ0v) is 27.6. The van der Waals surface area contributed by atoms with Gasteiger partial charge in [0.05, 0.1) is 0 Å². The Labute approximate surface area is 240 Å². The maximum absolute atomic E-state index is 0. The molecule has 0 aliphatic heterocycles. The van der Waals surface area contributed by atoms with Crippen molar-refractivity contribution in [2.24, 2.45) is 0 Å². The molecule has 0 saturated heterocycles. The van der Waals surface area contributed by atoms with E-state index in [2.05, 4.69) is 0 Å². The molecule has 0 aromatic carbocycles. The average Bonchev–Trinajstić information content (AvgIpc) is 0. The molecule has 2 nitrogen and oxygen atoms in total. The molecule has 0 amide bonds. The molecule has 11 heteroatoms. The van der Waals surface area contributed by atoms with Gasteiger partial charge in [-0.2, -0.15) is 0 Å².